The Morgan fingerprint density at radius 2 is 2.00 bits per heavy atom. The number of nitrogens with one attached hydrogen (secondary N) is 1. The number of rotatable bonds is 5. The van der Waals surface area contributed by atoms with Gasteiger partial charge < -0.3 is 24.1 Å². The van der Waals surface area contributed by atoms with Crippen LogP contribution in [0.5, 0.6) is 11.5 Å². The van der Waals surface area contributed by atoms with Gasteiger partial charge in [0.15, 0.2) is 5.58 Å². The van der Waals surface area contributed by atoms with Crippen LogP contribution in [0.1, 0.15) is 23.2 Å². The Balaban J connectivity index is 1.46. The molecule has 0 radical (unpaired) electrons. The predicted octanol–water partition coefficient (Wildman–Crippen LogP) is 3.34. The quantitative estimate of drug-likeness (QED) is 0.699. The van der Waals surface area contributed by atoms with E-state index in [9.17, 15) is 4.79 Å². The number of hydrogen-bond donors (Lipinski definition) is 1. The SMILES string of the molecule is COc1ccc(-c2nc3c(C(=O)NC4CN5CCC4CC5)cccc3o2)c(OC)c1. The highest BCUT2D eigenvalue weighted by atomic mass is 16.5. The molecule has 1 aromatic heterocycles. The van der Waals surface area contributed by atoms with E-state index < -0.39 is 0 Å². The number of nitrogens with zero attached hydrogens (tertiary/aromatic N) is 2. The molecule has 0 aliphatic carbocycles. The van der Waals surface area contributed by atoms with E-state index in [0.29, 0.717) is 45.5 Å². The van der Waals surface area contributed by atoms with Crippen molar-refractivity contribution in [2.75, 3.05) is 33.9 Å². The van der Waals surface area contributed by atoms with Crippen molar-refractivity contribution in [3.05, 3.63) is 42.0 Å². The summed E-state index contributed by atoms with van der Waals surface area (Å²) in [5.74, 6) is 2.16. The molecule has 7 heteroatoms. The number of benzene rings is 2. The molecule has 3 aliphatic rings. The lowest BCUT2D eigenvalue weighted by Gasteiger charge is -2.44. The summed E-state index contributed by atoms with van der Waals surface area (Å²) in [6, 6.07) is 11.1. The Morgan fingerprint density at radius 1 is 1.17 bits per heavy atom. The number of carbonyl (C=O) groups excluding carboxylic acids is 1. The normalized spacial score (nSPS) is 22.8. The molecule has 156 valence electrons. The number of hydrogen-bond acceptors (Lipinski definition) is 6. The molecule has 30 heavy (non-hydrogen) atoms. The second-order valence-electron chi connectivity index (χ2n) is 7.96. The van der Waals surface area contributed by atoms with Crippen LogP contribution in [-0.4, -0.2) is 55.7 Å². The first kappa shape index (κ1) is 18.9. The second-order valence-corrected chi connectivity index (χ2v) is 7.96. The van der Waals surface area contributed by atoms with Crippen LogP contribution in [0.2, 0.25) is 0 Å². The van der Waals surface area contributed by atoms with Crippen LogP contribution in [0, 0.1) is 5.92 Å². The molecule has 7 nitrogen and oxygen atoms in total. The molecule has 4 heterocycles. The molecule has 1 atom stereocenters. The first-order chi connectivity index (χ1) is 14.7. The van der Waals surface area contributed by atoms with Gasteiger partial charge in [-0.15, -0.1) is 0 Å². The minimum atomic E-state index is -0.0964. The molecule has 1 N–H and O–H groups in total. The fourth-order valence-corrected chi connectivity index (χ4v) is 4.60. The van der Waals surface area contributed by atoms with Crippen LogP contribution in [-0.2, 0) is 0 Å². The number of para-hydroxylation sites is 1. The van der Waals surface area contributed by atoms with Gasteiger partial charge in [0.2, 0.25) is 5.89 Å². The van der Waals surface area contributed by atoms with Gasteiger partial charge in [-0.05, 0) is 56.1 Å². The highest BCUT2D eigenvalue weighted by Crippen LogP contribution is 2.35. The van der Waals surface area contributed by atoms with E-state index in [1.165, 1.54) is 0 Å². The van der Waals surface area contributed by atoms with Crippen molar-refractivity contribution in [2.24, 2.45) is 5.92 Å². The summed E-state index contributed by atoms with van der Waals surface area (Å²) in [6.07, 6.45) is 2.31. The van der Waals surface area contributed by atoms with E-state index in [0.717, 1.165) is 32.5 Å². The highest BCUT2D eigenvalue weighted by molar-refractivity contribution is 6.05. The highest BCUT2D eigenvalue weighted by Gasteiger charge is 2.35. The third kappa shape index (κ3) is 3.29. The van der Waals surface area contributed by atoms with Gasteiger partial charge >= 0.3 is 0 Å². The Kier molecular flexibility index (Phi) is 4.83. The maximum atomic E-state index is 13.1. The maximum Gasteiger partial charge on any atom is 0.253 e. The number of piperidine rings is 3. The molecule has 3 aliphatic heterocycles. The zero-order valence-corrected chi connectivity index (χ0v) is 17.2. The maximum absolute atomic E-state index is 13.1. The van der Waals surface area contributed by atoms with Crippen molar-refractivity contribution in [3.63, 3.8) is 0 Å². The van der Waals surface area contributed by atoms with Gasteiger partial charge in [0.1, 0.15) is 17.0 Å². The van der Waals surface area contributed by atoms with Gasteiger partial charge in [-0.2, -0.15) is 0 Å². The molecular weight excluding hydrogens is 382 g/mol. The van der Waals surface area contributed by atoms with Crippen molar-refractivity contribution in [3.8, 4) is 23.0 Å². The number of oxazole rings is 1. The molecule has 3 saturated heterocycles. The summed E-state index contributed by atoms with van der Waals surface area (Å²) >= 11 is 0. The van der Waals surface area contributed by atoms with Crippen molar-refractivity contribution in [1.29, 1.82) is 0 Å². The molecule has 0 saturated carbocycles. The lowest BCUT2D eigenvalue weighted by molar-refractivity contribution is 0.0621. The van der Waals surface area contributed by atoms with Crippen molar-refractivity contribution in [1.82, 2.24) is 15.2 Å². The molecule has 0 spiro atoms. The minimum absolute atomic E-state index is 0.0964. The Morgan fingerprint density at radius 3 is 2.70 bits per heavy atom. The van der Waals surface area contributed by atoms with Gasteiger partial charge in [-0.3, -0.25) is 4.79 Å². The molecule has 3 fully saturated rings. The molecule has 3 aromatic rings. The molecule has 2 aromatic carbocycles. The van der Waals surface area contributed by atoms with Gasteiger partial charge in [0.05, 0.1) is 25.3 Å². The smallest absolute Gasteiger partial charge is 0.253 e. The molecular formula is C23H25N3O4. The lowest BCUT2D eigenvalue weighted by Crippen LogP contribution is -2.57. The Labute approximate surface area is 175 Å². The minimum Gasteiger partial charge on any atom is -0.497 e. The van der Waals surface area contributed by atoms with Gasteiger partial charge in [0, 0.05) is 18.7 Å². The van der Waals surface area contributed by atoms with E-state index in [4.69, 9.17) is 13.9 Å². The summed E-state index contributed by atoms with van der Waals surface area (Å²) < 4.78 is 16.7. The monoisotopic (exact) mass is 407 g/mol. The molecule has 2 bridgehead atoms. The zero-order valence-electron chi connectivity index (χ0n) is 17.2. The molecule has 6 rings (SSSR count). The molecule has 1 unspecified atom stereocenters. The number of carbonyl (C=O) groups is 1. The van der Waals surface area contributed by atoms with Gasteiger partial charge in [-0.25, -0.2) is 4.98 Å². The zero-order chi connectivity index (χ0) is 20.7. The van der Waals surface area contributed by atoms with Crippen LogP contribution >= 0.6 is 0 Å². The number of fused-ring (bicyclic) bond motifs is 4. The van der Waals surface area contributed by atoms with E-state index in [-0.39, 0.29) is 11.9 Å². The van der Waals surface area contributed by atoms with Crippen molar-refractivity contribution in [2.45, 2.75) is 18.9 Å². The fourth-order valence-electron chi connectivity index (χ4n) is 4.60. The van der Waals surface area contributed by atoms with Crippen LogP contribution in [0.15, 0.2) is 40.8 Å². The Bertz CT molecular complexity index is 1090. The van der Waals surface area contributed by atoms with Crippen molar-refractivity contribution >= 4 is 17.0 Å². The van der Waals surface area contributed by atoms with Crippen LogP contribution in [0.3, 0.4) is 0 Å². The van der Waals surface area contributed by atoms with Crippen molar-refractivity contribution < 1.29 is 18.7 Å². The standard InChI is InChI=1S/C23H25N3O4/c1-28-15-6-7-16(20(12-15)29-2)23-25-21-17(4-3-5-19(21)30-23)22(27)24-18-13-26-10-8-14(18)9-11-26/h3-7,12,14,18H,8-11,13H2,1-2H3,(H,24,27). The average Bonchev–Trinajstić information content (AvgIpc) is 3.23. The van der Waals surface area contributed by atoms with E-state index in [2.05, 4.69) is 15.2 Å². The second kappa shape index (κ2) is 7.65. The van der Waals surface area contributed by atoms with Crippen LogP contribution in [0.4, 0.5) is 0 Å². The third-order valence-corrected chi connectivity index (χ3v) is 6.28. The van der Waals surface area contributed by atoms with E-state index in [1.807, 2.05) is 24.3 Å². The summed E-state index contributed by atoms with van der Waals surface area (Å²) in [5.41, 5.74) is 2.37. The predicted molar refractivity (Wildman–Crippen MR) is 113 cm³/mol. The number of ether oxygens (including phenoxy) is 2. The average molecular weight is 407 g/mol. The lowest BCUT2D eigenvalue weighted by atomic mass is 9.84. The van der Waals surface area contributed by atoms with Gasteiger partial charge in [-0.1, -0.05) is 6.07 Å². The first-order valence-electron chi connectivity index (χ1n) is 10.3. The topological polar surface area (TPSA) is 76.8 Å². The van der Waals surface area contributed by atoms with Gasteiger partial charge in [0.25, 0.3) is 5.91 Å². The first-order valence-corrected chi connectivity index (χ1v) is 10.3. The largest absolute Gasteiger partial charge is 0.497 e. The third-order valence-electron chi connectivity index (χ3n) is 6.28. The van der Waals surface area contributed by atoms with E-state index in [1.54, 1.807) is 26.4 Å². The summed E-state index contributed by atoms with van der Waals surface area (Å²) in [5, 5.41) is 3.24. The number of amides is 1. The summed E-state index contributed by atoms with van der Waals surface area (Å²) in [7, 11) is 3.20. The Hall–Kier alpha value is -3.06. The fraction of sp³-hybridized carbons (Fsp3) is 0.391. The van der Waals surface area contributed by atoms with E-state index >= 15 is 0 Å². The van der Waals surface area contributed by atoms with Crippen LogP contribution in [0.25, 0.3) is 22.6 Å². The summed E-state index contributed by atoms with van der Waals surface area (Å²) in [4.78, 5) is 20.2. The van der Waals surface area contributed by atoms with Crippen LogP contribution < -0.4 is 14.8 Å². The number of aromatic nitrogens is 1. The summed E-state index contributed by atoms with van der Waals surface area (Å²) in [6.45, 7) is 3.21. The molecule has 1 amide bonds. The number of methoxy groups -OCH3 is 2.